The Labute approximate surface area is 108 Å². The Kier molecular flexibility index (Phi) is 5.01. The molecule has 0 amide bonds. The number of carboxylic acid groups (broad SMARTS) is 1. The summed E-state index contributed by atoms with van der Waals surface area (Å²) in [4.78, 5) is 11.0. The first kappa shape index (κ1) is 14.4. The second-order valence-corrected chi connectivity index (χ2v) is 4.46. The van der Waals surface area contributed by atoms with Crippen LogP contribution in [-0.4, -0.2) is 24.7 Å². The van der Waals surface area contributed by atoms with Gasteiger partial charge in [0.2, 0.25) is 0 Å². The van der Waals surface area contributed by atoms with Crippen LogP contribution in [0.25, 0.3) is 0 Å². The van der Waals surface area contributed by atoms with Crippen LogP contribution in [0.1, 0.15) is 24.5 Å². The maximum atomic E-state index is 11.0. The number of hydrogen-bond acceptors (Lipinski definition) is 3. The van der Waals surface area contributed by atoms with Crippen LogP contribution in [0.5, 0.6) is 5.75 Å². The van der Waals surface area contributed by atoms with E-state index in [4.69, 9.17) is 9.84 Å². The lowest BCUT2D eigenvalue weighted by atomic mass is 10.1. The van der Waals surface area contributed by atoms with Crippen LogP contribution in [0.3, 0.4) is 0 Å². The third-order valence-corrected chi connectivity index (χ3v) is 3.20. The standard InChI is InChI=1S/C14H21NO3/c1-5-11(14(16)17)8-15-12-6-9(2)10(3)7-13(12)18-4/h6-7,11,15H,5,8H2,1-4H3,(H,16,17). The summed E-state index contributed by atoms with van der Waals surface area (Å²) >= 11 is 0. The molecule has 0 aliphatic heterocycles. The molecule has 0 aliphatic carbocycles. The van der Waals surface area contributed by atoms with E-state index in [1.165, 1.54) is 0 Å². The summed E-state index contributed by atoms with van der Waals surface area (Å²) < 4.78 is 5.30. The van der Waals surface area contributed by atoms with E-state index in [-0.39, 0.29) is 5.92 Å². The fourth-order valence-electron chi connectivity index (χ4n) is 1.74. The van der Waals surface area contributed by atoms with Crippen molar-refractivity contribution < 1.29 is 14.6 Å². The molecule has 0 spiro atoms. The number of carbonyl (C=O) groups is 1. The molecule has 0 bridgehead atoms. The molecule has 0 saturated heterocycles. The first-order valence-electron chi connectivity index (χ1n) is 6.11. The lowest BCUT2D eigenvalue weighted by Crippen LogP contribution is -2.22. The van der Waals surface area contributed by atoms with Crippen LogP contribution >= 0.6 is 0 Å². The summed E-state index contributed by atoms with van der Waals surface area (Å²) in [6.07, 6.45) is 0.607. The summed E-state index contributed by atoms with van der Waals surface area (Å²) in [5.74, 6) is -0.401. The van der Waals surface area contributed by atoms with Crippen LogP contribution in [-0.2, 0) is 4.79 Å². The Morgan fingerprint density at radius 3 is 2.50 bits per heavy atom. The van der Waals surface area contributed by atoms with Crippen LogP contribution in [0.2, 0.25) is 0 Å². The second kappa shape index (κ2) is 6.28. The molecule has 0 saturated carbocycles. The maximum absolute atomic E-state index is 11.0. The molecule has 2 N–H and O–H groups in total. The zero-order valence-corrected chi connectivity index (χ0v) is 11.4. The Hall–Kier alpha value is -1.71. The van der Waals surface area contributed by atoms with Crippen molar-refractivity contribution in [3.63, 3.8) is 0 Å². The number of carboxylic acids is 1. The Morgan fingerprint density at radius 1 is 1.39 bits per heavy atom. The largest absolute Gasteiger partial charge is 0.495 e. The fraction of sp³-hybridized carbons (Fsp3) is 0.500. The number of hydrogen-bond donors (Lipinski definition) is 2. The summed E-state index contributed by atoms with van der Waals surface area (Å²) in [5, 5.41) is 12.2. The van der Waals surface area contributed by atoms with E-state index in [9.17, 15) is 4.79 Å². The monoisotopic (exact) mass is 251 g/mol. The minimum atomic E-state index is -0.771. The molecule has 18 heavy (non-hydrogen) atoms. The number of methoxy groups -OCH3 is 1. The first-order chi connectivity index (χ1) is 8.49. The van der Waals surface area contributed by atoms with E-state index in [0.29, 0.717) is 13.0 Å². The molecule has 4 nitrogen and oxygen atoms in total. The zero-order chi connectivity index (χ0) is 13.7. The second-order valence-electron chi connectivity index (χ2n) is 4.46. The van der Waals surface area contributed by atoms with Gasteiger partial charge in [-0.3, -0.25) is 4.79 Å². The van der Waals surface area contributed by atoms with E-state index in [0.717, 1.165) is 22.6 Å². The van der Waals surface area contributed by atoms with Gasteiger partial charge in [0, 0.05) is 6.54 Å². The highest BCUT2D eigenvalue weighted by Gasteiger charge is 2.15. The molecule has 0 fully saturated rings. The van der Waals surface area contributed by atoms with Crippen molar-refractivity contribution in [3.05, 3.63) is 23.3 Å². The van der Waals surface area contributed by atoms with E-state index in [1.54, 1.807) is 7.11 Å². The average Bonchev–Trinajstić information content (AvgIpc) is 2.33. The molecule has 0 aliphatic rings. The number of nitrogens with one attached hydrogen (secondary N) is 1. The minimum Gasteiger partial charge on any atom is -0.495 e. The number of aliphatic carboxylic acids is 1. The van der Waals surface area contributed by atoms with Crippen LogP contribution < -0.4 is 10.1 Å². The van der Waals surface area contributed by atoms with E-state index < -0.39 is 5.97 Å². The third-order valence-electron chi connectivity index (χ3n) is 3.20. The highest BCUT2D eigenvalue weighted by atomic mass is 16.5. The van der Waals surface area contributed by atoms with Gasteiger partial charge in [0.15, 0.2) is 0 Å². The van der Waals surface area contributed by atoms with Gasteiger partial charge in [-0.25, -0.2) is 0 Å². The number of rotatable bonds is 6. The van der Waals surface area contributed by atoms with Gasteiger partial charge in [0.1, 0.15) is 5.75 Å². The van der Waals surface area contributed by atoms with E-state index >= 15 is 0 Å². The molecule has 1 rings (SSSR count). The van der Waals surface area contributed by atoms with Crippen molar-refractivity contribution in [1.82, 2.24) is 0 Å². The number of ether oxygens (including phenoxy) is 1. The molecule has 1 aromatic carbocycles. The number of aryl methyl sites for hydroxylation is 2. The molecule has 0 heterocycles. The van der Waals surface area contributed by atoms with Gasteiger partial charge < -0.3 is 15.2 Å². The topological polar surface area (TPSA) is 58.6 Å². The lowest BCUT2D eigenvalue weighted by molar-refractivity contribution is -0.141. The highest BCUT2D eigenvalue weighted by molar-refractivity contribution is 5.71. The molecular formula is C14H21NO3. The van der Waals surface area contributed by atoms with E-state index in [1.807, 2.05) is 32.9 Å². The predicted molar refractivity (Wildman–Crippen MR) is 72.4 cm³/mol. The third kappa shape index (κ3) is 3.39. The van der Waals surface area contributed by atoms with Gasteiger partial charge in [-0.15, -0.1) is 0 Å². The smallest absolute Gasteiger partial charge is 0.308 e. The number of anilines is 1. The van der Waals surface area contributed by atoms with Gasteiger partial charge >= 0.3 is 5.97 Å². The summed E-state index contributed by atoms with van der Waals surface area (Å²) in [5.41, 5.74) is 3.16. The molecule has 100 valence electrons. The van der Waals surface area contributed by atoms with Gasteiger partial charge in [0.25, 0.3) is 0 Å². The quantitative estimate of drug-likeness (QED) is 0.816. The Bertz CT molecular complexity index is 429. The molecular weight excluding hydrogens is 230 g/mol. The normalized spacial score (nSPS) is 12.0. The molecule has 4 heteroatoms. The predicted octanol–water partition coefficient (Wildman–Crippen LogP) is 2.83. The van der Waals surface area contributed by atoms with Gasteiger partial charge in [-0.2, -0.15) is 0 Å². The van der Waals surface area contributed by atoms with Crippen LogP contribution in [0, 0.1) is 19.8 Å². The van der Waals surface area contributed by atoms with Crippen molar-refractivity contribution in [2.45, 2.75) is 27.2 Å². The van der Waals surface area contributed by atoms with Crippen LogP contribution in [0.15, 0.2) is 12.1 Å². The fourth-order valence-corrected chi connectivity index (χ4v) is 1.74. The lowest BCUT2D eigenvalue weighted by Gasteiger charge is -2.16. The summed E-state index contributed by atoms with van der Waals surface area (Å²) in [7, 11) is 1.61. The SMILES string of the molecule is CCC(CNc1cc(C)c(C)cc1OC)C(=O)O. The molecule has 1 unspecified atom stereocenters. The van der Waals surface area contributed by atoms with Crippen molar-refractivity contribution in [2.75, 3.05) is 19.0 Å². The molecule has 0 radical (unpaired) electrons. The Balaban J connectivity index is 2.83. The van der Waals surface area contributed by atoms with Crippen molar-refractivity contribution in [1.29, 1.82) is 0 Å². The zero-order valence-electron chi connectivity index (χ0n) is 11.4. The first-order valence-corrected chi connectivity index (χ1v) is 6.11. The van der Waals surface area contributed by atoms with Gasteiger partial charge in [-0.1, -0.05) is 6.92 Å². The summed E-state index contributed by atoms with van der Waals surface area (Å²) in [6.45, 7) is 6.32. The molecule has 1 aromatic rings. The number of benzene rings is 1. The van der Waals surface area contributed by atoms with Gasteiger partial charge in [0.05, 0.1) is 18.7 Å². The summed E-state index contributed by atoms with van der Waals surface area (Å²) in [6, 6.07) is 3.95. The van der Waals surface area contributed by atoms with Crippen molar-refractivity contribution in [3.8, 4) is 5.75 Å². The highest BCUT2D eigenvalue weighted by Crippen LogP contribution is 2.28. The average molecular weight is 251 g/mol. The molecule has 0 aromatic heterocycles. The minimum absolute atomic E-state index is 0.378. The maximum Gasteiger partial charge on any atom is 0.308 e. The van der Waals surface area contributed by atoms with Crippen LogP contribution in [0.4, 0.5) is 5.69 Å². The van der Waals surface area contributed by atoms with Crippen molar-refractivity contribution >= 4 is 11.7 Å². The Morgan fingerprint density at radius 2 is 2.00 bits per heavy atom. The van der Waals surface area contributed by atoms with Gasteiger partial charge in [-0.05, 0) is 43.5 Å². The van der Waals surface area contributed by atoms with E-state index in [2.05, 4.69) is 5.32 Å². The van der Waals surface area contributed by atoms with Crippen molar-refractivity contribution in [2.24, 2.45) is 5.92 Å². The molecule has 1 atom stereocenters.